The highest BCUT2D eigenvalue weighted by atomic mass is 16.5. The monoisotopic (exact) mass is 721 g/mol. The largest absolute Gasteiger partial charge is 0.497 e. The van der Waals surface area contributed by atoms with Crippen molar-refractivity contribution >= 4 is 22.5 Å². The van der Waals surface area contributed by atoms with Gasteiger partial charge in [0.2, 0.25) is 0 Å². The van der Waals surface area contributed by atoms with Gasteiger partial charge in [0, 0.05) is 57.7 Å². The molecule has 0 N–H and O–H groups in total. The molecule has 278 valence electrons. The van der Waals surface area contributed by atoms with Gasteiger partial charge in [-0.3, -0.25) is 0 Å². The molecule has 2 aliphatic heterocycles. The van der Waals surface area contributed by atoms with Crippen LogP contribution in [0.15, 0.2) is 91.0 Å². The smallest absolute Gasteiger partial charge is 0.178 e. The van der Waals surface area contributed by atoms with Gasteiger partial charge in [0.25, 0.3) is 0 Å². The molecule has 0 radical (unpaired) electrons. The van der Waals surface area contributed by atoms with Crippen LogP contribution in [0, 0.1) is 10.8 Å². The standard InChI is InChI=1S/C48H51NO5/c1-45(2)28-46(3,4)30-47(29-45)39-11-9-8-10-36(39)42-41-38(26-35(51-6)27-40(41)52-7)44-37(43(42)47)20-21-48(54-44,32-14-18-34(50-5)19-15-32)31-12-16-33(17-13-31)49-22-24-53-25-23-49/h8-21,26-27H,22-25,28-30H2,1-7H3. The molecule has 0 amide bonds. The minimum atomic E-state index is -0.927. The Balaban J connectivity index is 1.35. The van der Waals surface area contributed by atoms with E-state index < -0.39 is 5.60 Å². The molecule has 54 heavy (non-hydrogen) atoms. The summed E-state index contributed by atoms with van der Waals surface area (Å²) >= 11 is 0. The highest BCUT2D eigenvalue weighted by Gasteiger charge is 2.55. The molecule has 1 spiro atoms. The summed E-state index contributed by atoms with van der Waals surface area (Å²) in [6, 6.07) is 30.5. The first-order valence-corrected chi connectivity index (χ1v) is 19.3. The maximum Gasteiger partial charge on any atom is 0.178 e. The average Bonchev–Trinajstić information content (AvgIpc) is 3.44. The molecule has 5 aromatic carbocycles. The van der Waals surface area contributed by atoms with Crippen LogP contribution < -0.4 is 23.8 Å². The minimum Gasteiger partial charge on any atom is -0.497 e. The molecule has 4 aliphatic rings. The fourth-order valence-electron chi connectivity index (χ4n) is 11.0. The molecular weight excluding hydrogens is 671 g/mol. The summed E-state index contributed by atoms with van der Waals surface area (Å²) in [4.78, 5) is 2.39. The number of ether oxygens (including phenoxy) is 5. The Bertz CT molecular complexity index is 2260. The number of morpholine rings is 1. The molecule has 2 aliphatic carbocycles. The van der Waals surface area contributed by atoms with E-state index in [4.69, 9.17) is 23.7 Å². The van der Waals surface area contributed by atoms with Crippen molar-refractivity contribution in [3.8, 4) is 34.1 Å². The van der Waals surface area contributed by atoms with Crippen molar-refractivity contribution in [3.63, 3.8) is 0 Å². The van der Waals surface area contributed by atoms with Crippen molar-refractivity contribution in [1.29, 1.82) is 0 Å². The predicted molar refractivity (Wildman–Crippen MR) is 218 cm³/mol. The van der Waals surface area contributed by atoms with Crippen LogP contribution in [0.4, 0.5) is 5.69 Å². The van der Waals surface area contributed by atoms with Crippen LogP contribution in [0.25, 0.3) is 28.0 Å². The van der Waals surface area contributed by atoms with Crippen molar-refractivity contribution < 1.29 is 23.7 Å². The average molecular weight is 722 g/mol. The first-order chi connectivity index (χ1) is 26.0. The molecule has 1 saturated heterocycles. The Morgan fingerprint density at radius 2 is 1.33 bits per heavy atom. The second-order valence-corrected chi connectivity index (χ2v) is 17.3. The van der Waals surface area contributed by atoms with E-state index >= 15 is 0 Å². The van der Waals surface area contributed by atoms with Gasteiger partial charge in [-0.05, 0) is 88.8 Å². The Hall–Kier alpha value is -4.94. The second-order valence-electron chi connectivity index (χ2n) is 17.3. The van der Waals surface area contributed by atoms with E-state index in [1.807, 2.05) is 18.2 Å². The number of hydrogen-bond donors (Lipinski definition) is 0. The molecule has 9 rings (SSSR count). The molecule has 1 unspecified atom stereocenters. The van der Waals surface area contributed by atoms with Crippen molar-refractivity contribution in [2.75, 3.05) is 52.5 Å². The van der Waals surface area contributed by atoms with Crippen LogP contribution in [0.5, 0.6) is 23.0 Å². The van der Waals surface area contributed by atoms with Gasteiger partial charge >= 0.3 is 0 Å². The van der Waals surface area contributed by atoms with E-state index in [1.165, 1.54) is 34.4 Å². The first-order valence-electron chi connectivity index (χ1n) is 19.3. The fourth-order valence-corrected chi connectivity index (χ4v) is 11.0. The molecule has 2 fully saturated rings. The topological polar surface area (TPSA) is 49.4 Å². The number of rotatable bonds is 6. The zero-order valence-corrected chi connectivity index (χ0v) is 32.7. The maximum atomic E-state index is 7.75. The molecule has 1 saturated carbocycles. The lowest BCUT2D eigenvalue weighted by atomic mass is 9.52. The predicted octanol–water partition coefficient (Wildman–Crippen LogP) is 10.6. The third-order valence-electron chi connectivity index (χ3n) is 12.4. The van der Waals surface area contributed by atoms with Crippen LogP contribution in [0.2, 0.25) is 0 Å². The fraction of sp³-hybridized carbons (Fsp3) is 0.375. The summed E-state index contributed by atoms with van der Waals surface area (Å²) in [6.07, 6.45) is 7.92. The SMILES string of the molecule is COc1ccc(C2(c3ccc(N4CCOCC4)cc3)C=Cc3c4c(c5c(OC)cc(OC)cc5c3O2)-c2ccccc2C42CC(C)(C)CC(C)(C)C2)cc1. The van der Waals surface area contributed by atoms with E-state index in [2.05, 4.69) is 111 Å². The molecule has 0 bridgehead atoms. The van der Waals surface area contributed by atoms with E-state index in [1.54, 1.807) is 21.3 Å². The number of methoxy groups -OCH3 is 3. The van der Waals surface area contributed by atoms with Gasteiger partial charge < -0.3 is 28.6 Å². The van der Waals surface area contributed by atoms with Gasteiger partial charge in [0.05, 0.1) is 34.5 Å². The van der Waals surface area contributed by atoms with E-state index in [0.717, 1.165) is 89.6 Å². The van der Waals surface area contributed by atoms with Crippen LogP contribution in [-0.2, 0) is 15.8 Å². The van der Waals surface area contributed by atoms with Crippen LogP contribution in [0.1, 0.15) is 74.8 Å². The van der Waals surface area contributed by atoms with Gasteiger partial charge in [-0.1, -0.05) is 82.3 Å². The number of anilines is 1. The number of fused-ring (bicyclic) bond motifs is 10. The molecule has 2 heterocycles. The van der Waals surface area contributed by atoms with E-state index in [9.17, 15) is 0 Å². The van der Waals surface area contributed by atoms with E-state index in [0.29, 0.717) is 0 Å². The first kappa shape index (κ1) is 34.8. The Kier molecular flexibility index (Phi) is 8.09. The van der Waals surface area contributed by atoms with Crippen LogP contribution in [-0.4, -0.2) is 47.6 Å². The lowest BCUT2D eigenvalue weighted by Gasteiger charge is -2.52. The quantitative estimate of drug-likeness (QED) is 0.174. The van der Waals surface area contributed by atoms with Gasteiger partial charge in [-0.25, -0.2) is 0 Å². The van der Waals surface area contributed by atoms with Crippen molar-refractivity contribution in [3.05, 3.63) is 119 Å². The number of benzene rings is 5. The molecule has 6 heteroatoms. The van der Waals surface area contributed by atoms with Crippen molar-refractivity contribution in [2.45, 2.75) is 58.0 Å². The van der Waals surface area contributed by atoms with Gasteiger partial charge in [-0.2, -0.15) is 0 Å². The highest BCUT2D eigenvalue weighted by Crippen LogP contribution is 2.67. The summed E-state index contributed by atoms with van der Waals surface area (Å²) < 4.78 is 31.3. The number of nitrogens with zero attached hydrogens (tertiary/aromatic N) is 1. The van der Waals surface area contributed by atoms with Gasteiger partial charge in [0.1, 0.15) is 23.0 Å². The summed E-state index contributed by atoms with van der Waals surface area (Å²) in [6.45, 7) is 13.1. The molecule has 5 aromatic rings. The Labute approximate surface area is 319 Å². The van der Waals surface area contributed by atoms with Crippen molar-refractivity contribution in [2.24, 2.45) is 10.8 Å². The molecule has 6 nitrogen and oxygen atoms in total. The molecule has 0 aromatic heterocycles. The van der Waals surface area contributed by atoms with Crippen LogP contribution >= 0.6 is 0 Å². The summed E-state index contributed by atoms with van der Waals surface area (Å²) in [5.41, 5.74) is 8.82. The third-order valence-corrected chi connectivity index (χ3v) is 12.4. The van der Waals surface area contributed by atoms with E-state index in [-0.39, 0.29) is 16.2 Å². The van der Waals surface area contributed by atoms with Crippen molar-refractivity contribution in [1.82, 2.24) is 0 Å². The van der Waals surface area contributed by atoms with Gasteiger partial charge in [-0.15, -0.1) is 0 Å². The number of hydrogen-bond acceptors (Lipinski definition) is 6. The lowest BCUT2D eigenvalue weighted by Crippen LogP contribution is -2.44. The van der Waals surface area contributed by atoms with Crippen LogP contribution in [0.3, 0.4) is 0 Å². The Morgan fingerprint density at radius 1 is 0.685 bits per heavy atom. The zero-order chi connectivity index (χ0) is 37.5. The third kappa shape index (κ3) is 5.31. The normalized spacial score (nSPS) is 21.6. The highest BCUT2D eigenvalue weighted by molar-refractivity contribution is 6.12. The summed E-state index contributed by atoms with van der Waals surface area (Å²) in [5, 5.41) is 2.05. The molecule has 1 atom stereocenters. The zero-order valence-electron chi connectivity index (χ0n) is 32.7. The second kappa shape index (κ2) is 12.6. The maximum absolute atomic E-state index is 7.75. The summed E-state index contributed by atoms with van der Waals surface area (Å²) in [7, 11) is 5.19. The molecular formula is C48H51NO5. The lowest BCUT2D eigenvalue weighted by molar-refractivity contribution is 0.0642. The Morgan fingerprint density at radius 3 is 1.98 bits per heavy atom. The van der Waals surface area contributed by atoms with Gasteiger partial charge in [0.15, 0.2) is 5.60 Å². The minimum absolute atomic E-state index is 0.122. The summed E-state index contributed by atoms with van der Waals surface area (Å²) in [5.74, 6) is 3.17.